The molecule has 0 saturated carbocycles. The van der Waals surface area contributed by atoms with Crippen molar-refractivity contribution in [3.63, 3.8) is 0 Å². The summed E-state index contributed by atoms with van der Waals surface area (Å²) in [5, 5.41) is 8.92. The molecule has 1 aliphatic rings. The molecule has 3 heteroatoms. The summed E-state index contributed by atoms with van der Waals surface area (Å²) in [4.78, 5) is 0. The van der Waals surface area contributed by atoms with Gasteiger partial charge in [-0.05, 0) is 5.57 Å². The lowest BCUT2D eigenvalue weighted by Crippen LogP contribution is -2.21. The third-order valence-electron chi connectivity index (χ3n) is 1.19. The van der Waals surface area contributed by atoms with Gasteiger partial charge >= 0.3 is 0 Å². The molecule has 0 aromatic heterocycles. The molecule has 1 saturated heterocycles. The van der Waals surface area contributed by atoms with E-state index in [2.05, 4.69) is 6.58 Å². The fraction of sp³-hybridized carbons (Fsp3) is 0.600. The van der Waals surface area contributed by atoms with E-state index in [1.165, 1.54) is 0 Å². The van der Waals surface area contributed by atoms with Gasteiger partial charge in [-0.15, -0.1) is 0 Å². The quantitative estimate of drug-likeness (QED) is 0.334. The highest BCUT2D eigenvalue weighted by atomic mass is 16.5. The Bertz CT molecular complexity index is 113. The molecule has 1 fully saturated rings. The van der Waals surface area contributed by atoms with E-state index in [9.17, 15) is 0 Å². The van der Waals surface area contributed by atoms with Crippen molar-refractivity contribution in [1.82, 2.24) is 0 Å². The van der Waals surface area contributed by atoms with Gasteiger partial charge in [-0.3, -0.25) is 0 Å². The second kappa shape index (κ2) is 1.92. The van der Waals surface area contributed by atoms with E-state index >= 15 is 0 Å². The van der Waals surface area contributed by atoms with Crippen LogP contribution in [-0.2, 0) is 4.74 Å². The van der Waals surface area contributed by atoms with Crippen molar-refractivity contribution < 1.29 is 9.84 Å². The molecule has 1 unspecified atom stereocenters. The first-order chi connectivity index (χ1) is 3.72. The second-order valence-corrected chi connectivity index (χ2v) is 1.88. The van der Waals surface area contributed by atoms with Gasteiger partial charge in [0.2, 0.25) is 0 Å². The van der Waals surface area contributed by atoms with Gasteiger partial charge in [0.1, 0.15) is 7.85 Å². The van der Waals surface area contributed by atoms with E-state index in [1.54, 1.807) is 0 Å². The molecule has 42 valence electrons. The minimum absolute atomic E-state index is 0.391. The molecule has 2 atom stereocenters. The van der Waals surface area contributed by atoms with Gasteiger partial charge in [-0.1, -0.05) is 6.58 Å². The maximum Gasteiger partial charge on any atom is 0.113 e. The van der Waals surface area contributed by atoms with Crippen molar-refractivity contribution in [1.29, 1.82) is 0 Å². The van der Waals surface area contributed by atoms with Crippen LogP contribution in [0.15, 0.2) is 12.2 Å². The summed E-state index contributed by atoms with van der Waals surface area (Å²) in [5.74, 6) is 0. The van der Waals surface area contributed by atoms with E-state index in [0.717, 1.165) is 0 Å². The molecular weight excluding hydrogens is 103 g/mol. The predicted octanol–water partition coefficient (Wildman–Crippen LogP) is -0.572. The predicted molar refractivity (Wildman–Crippen MR) is 30.6 cm³/mol. The van der Waals surface area contributed by atoms with E-state index in [-0.39, 0.29) is 0 Å². The van der Waals surface area contributed by atoms with Crippen molar-refractivity contribution >= 4 is 7.85 Å². The van der Waals surface area contributed by atoms with Crippen LogP contribution in [0, 0.1) is 0 Å². The molecular formula is C5H7BO2. The lowest BCUT2D eigenvalue weighted by Gasteiger charge is -2.05. The van der Waals surface area contributed by atoms with Gasteiger partial charge in [0, 0.05) is 6.00 Å². The van der Waals surface area contributed by atoms with Crippen molar-refractivity contribution in [2.24, 2.45) is 0 Å². The normalized spacial score (nSPS) is 38.4. The Kier molecular flexibility index (Phi) is 1.40. The van der Waals surface area contributed by atoms with Gasteiger partial charge in [0.05, 0.1) is 12.7 Å². The average molecular weight is 110 g/mol. The van der Waals surface area contributed by atoms with Gasteiger partial charge in [0.25, 0.3) is 0 Å². The van der Waals surface area contributed by atoms with Gasteiger partial charge in [0.15, 0.2) is 0 Å². The van der Waals surface area contributed by atoms with Crippen LogP contribution < -0.4 is 0 Å². The molecule has 0 bridgehead atoms. The summed E-state index contributed by atoms with van der Waals surface area (Å²) < 4.78 is 4.81. The van der Waals surface area contributed by atoms with Crippen molar-refractivity contribution in [3.8, 4) is 0 Å². The van der Waals surface area contributed by atoms with Gasteiger partial charge in [-0.25, -0.2) is 0 Å². The van der Waals surface area contributed by atoms with Crippen molar-refractivity contribution in [2.75, 3.05) is 6.61 Å². The fourth-order valence-corrected chi connectivity index (χ4v) is 0.612. The van der Waals surface area contributed by atoms with E-state index in [0.29, 0.717) is 12.2 Å². The Hall–Kier alpha value is -0.275. The molecule has 0 aliphatic carbocycles. The van der Waals surface area contributed by atoms with E-state index in [1.807, 2.05) is 0 Å². The van der Waals surface area contributed by atoms with Crippen LogP contribution in [0.1, 0.15) is 0 Å². The molecule has 0 spiro atoms. The Labute approximate surface area is 49.6 Å². The summed E-state index contributed by atoms with van der Waals surface area (Å²) in [7, 11) is 5.24. The van der Waals surface area contributed by atoms with Crippen LogP contribution in [-0.4, -0.2) is 31.7 Å². The van der Waals surface area contributed by atoms with Crippen LogP contribution in [0.2, 0.25) is 0 Å². The number of rotatable bonds is 0. The number of hydrogen-bond acceptors (Lipinski definition) is 2. The number of ether oxygens (including phenoxy) is 1. The zero-order chi connectivity index (χ0) is 6.15. The molecule has 8 heavy (non-hydrogen) atoms. The summed E-state index contributed by atoms with van der Waals surface area (Å²) >= 11 is 0. The maximum absolute atomic E-state index is 8.92. The minimum atomic E-state index is -0.657. The highest BCUT2D eigenvalue weighted by Gasteiger charge is 2.24. The smallest absolute Gasteiger partial charge is 0.113 e. The molecule has 0 aromatic carbocycles. The first-order valence-corrected chi connectivity index (χ1v) is 2.45. The zero-order valence-electron chi connectivity index (χ0n) is 4.50. The Morgan fingerprint density at radius 3 is 2.62 bits per heavy atom. The van der Waals surface area contributed by atoms with Crippen molar-refractivity contribution in [2.45, 2.75) is 12.1 Å². The highest BCUT2D eigenvalue weighted by Crippen LogP contribution is 2.14. The first kappa shape index (κ1) is 5.85. The summed E-state index contributed by atoms with van der Waals surface area (Å²) in [6.07, 6.45) is -0.657. The van der Waals surface area contributed by atoms with Crippen LogP contribution in [0.25, 0.3) is 0 Å². The minimum Gasteiger partial charge on any atom is -0.387 e. The highest BCUT2D eigenvalue weighted by molar-refractivity contribution is 6.11. The molecule has 0 aromatic rings. The lowest BCUT2D eigenvalue weighted by atomic mass is 9.93. The second-order valence-electron chi connectivity index (χ2n) is 1.88. The van der Waals surface area contributed by atoms with Crippen LogP contribution in [0.3, 0.4) is 0 Å². The SMILES string of the molecule is [B][C@@H]1OCC(=C)C1O. The Balaban J connectivity index is 2.56. The van der Waals surface area contributed by atoms with Crippen LogP contribution >= 0.6 is 0 Å². The summed E-state index contributed by atoms with van der Waals surface area (Å²) in [6.45, 7) is 3.92. The molecule has 1 rings (SSSR count). The van der Waals surface area contributed by atoms with E-state index in [4.69, 9.17) is 17.7 Å². The summed E-state index contributed by atoms with van der Waals surface area (Å²) in [6, 6.07) is -0.553. The third-order valence-corrected chi connectivity index (χ3v) is 1.19. The van der Waals surface area contributed by atoms with E-state index < -0.39 is 12.1 Å². The number of hydrogen-bond donors (Lipinski definition) is 1. The summed E-state index contributed by atoms with van der Waals surface area (Å²) in [5.41, 5.74) is 0.664. The fourth-order valence-electron chi connectivity index (χ4n) is 0.612. The molecule has 1 N–H and O–H groups in total. The lowest BCUT2D eigenvalue weighted by molar-refractivity contribution is 0.0992. The van der Waals surface area contributed by atoms with Gasteiger partial charge < -0.3 is 9.84 Å². The third kappa shape index (κ3) is 0.789. The Morgan fingerprint density at radius 2 is 2.50 bits per heavy atom. The first-order valence-electron chi connectivity index (χ1n) is 2.45. The molecule has 1 aliphatic heterocycles. The zero-order valence-corrected chi connectivity index (χ0v) is 4.50. The molecule has 2 nitrogen and oxygen atoms in total. The topological polar surface area (TPSA) is 29.5 Å². The molecule has 1 heterocycles. The number of aliphatic hydroxyl groups is 1. The van der Waals surface area contributed by atoms with Crippen molar-refractivity contribution in [3.05, 3.63) is 12.2 Å². The standard InChI is InChI=1S/C5H7BO2/c1-3-2-8-5(6)4(3)7/h4-5,7H,1-2H2/t4?,5-/m1/s1. The van der Waals surface area contributed by atoms with Crippen LogP contribution in [0.4, 0.5) is 0 Å². The Morgan fingerprint density at radius 1 is 1.88 bits per heavy atom. The maximum atomic E-state index is 8.92. The van der Waals surface area contributed by atoms with Gasteiger partial charge in [-0.2, -0.15) is 0 Å². The molecule has 2 radical (unpaired) electrons. The average Bonchev–Trinajstić information content (AvgIpc) is 1.98. The molecule has 0 amide bonds. The number of aliphatic hydroxyl groups excluding tert-OH is 1. The monoisotopic (exact) mass is 110 g/mol. The van der Waals surface area contributed by atoms with Crippen LogP contribution in [0.5, 0.6) is 0 Å². The largest absolute Gasteiger partial charge is 0.387 e.